The van der Waals surface area contributed by atoms with Gasteiger partial charge in [0.1, 0.15) is 0 Å². The first-order valence-electron chi connectivity index (χ1n) is 14.3. The van der Waals surface area contributed by atoms with Gasteiger partial charge in [0.2, 0.25) is 0 Å². The number of anilines is 6. The van der Waals surface area contributed by atoms with E-state index in [0.717, 1.165) is 0 Å². The molecule has 6 aromatic rings. The molecule has 0 aliphatic carbocycles. The van der Waals surface area contributed by atoms with E-state index in [2.05, 4.69) is 152 Å². The van der Waals surface area contributed by atoms with Gasteiger partial charge in [-0.2, -0.15) is 0 Å². The van der Waals surface area contributed by atoms with Gasteiger partial charge in [-0.1, -0.05) is 125 Å². The van der Waals surface area contributed by atoms with Crippen molar-refractivity contribution in [1.82, 2.24) is 0 Å². The van der Waals surface area contributed by atoms with Crippen molar-refractivity contribution in [3.05, 3.63) is 127 Å². The van der Waals surface area contributed by atoms with E-state index in [9.17, 15) is 0 Å². The zero-order chi connectivity index (χ0) is 26.7. The SMILES string of the molecule is [B]1c2ccccc2N2c3cc(-c4ccccc4)cc4c3B(c3cccc1c32)c1cccc2c1N4c1ccccc1[B]2. The Kier molecular flexibility index (Phi) is 4.19. The number of para-hydroxylation sites is 4. The van der Waals surface area contributed by atoms with E-state index in [0.29, 0.717) is 0 Å². The summed E-state index contributed by atoms with van der Waals surface area (Å²) < 4.78 is 0. The molecule has 2 nitrogen and oxygen atoms in total. The lowest BCUT2D eigenvalue weighted by Crippen LogP contribution is -2.65. The molecule has 0 aromatic heterocycles. The molecule has 10 rings (SSSR count). The Morgan fingerprint density at radius 2 is 0.902 bits per heavy atom. The van der Waals surface area contributed by atoms with E-state index in [4.69, 9.17) is 0 Å². The lowest BCUT2D eigenvalue weighted by atomic mass is 9.32. The van der Waals surface area contributed by atoms with Crippen LogP contribution in [0.25, 0.3) is 11.1 Å². The maximum absolute atomic E-state index is 2.54. The predicted molar refractivity (Wildman–Crippen MR) is 176 cm³/mol. The smallest absolute Gasteiger partial charge is 0.252 e. The minimum atomic E-state index is 0.152. The van der Waals surface area contributed by atoms with Gasteiger partial charge in [-0.25, -0.2) is 0 Å². The second kappa shape index (κ2) is 7.86. The van der Waals surface area contributed by atoms with Crippen LogP contribution >= 0.6 is 0 Å². The molecule has 0 atom stereocenters. The molecule has 41 heavy (non-hydrogen) atoms. The predicted octanol–water partition coefficient (Wildman–Crippen LogP) is 3.37. The fourth-order valence-corrected chi connectivity index (χ4v) is 7.64. The van der Waals surface area contributed by atoms with Crippen molar-refractivity contribution in [1.29, 1.82) is 0 Å². The van der Waals surface area contributed by atoms with Gasteiger partial charge in [-0.3, -0.25) is 0 Å². The molecule has 4 aliphatic heterocycles. The Balaban J connectivity index is 1.38. The van der Waals surface area contributed by atoms with Gasteiger partial charge in [-0.05, 0) is 51.8 Å². The molecule has 0 bridgehead atoms. The third-order valence-electron chi connectivity index (χ3n) is 9.26. The molecule has 0 spiro atoms. The molecule has 4 aliphatic rings. The second-order valence-corrected chi connectivity index (χ2v) is 11.4. The number of fused-ring (bicyclic) bond motifs is 8. The van der Waals surface area contributed by atoms with E-state index < -0.39 is 0 Å². The van der Waals surface area contributed by atoms with Gasteiger partial charge < -0.3 is 9.80 Å². The van der Waals surface area contributed by atoms with Crippen LogP contribution in [0, 0.1) is 0 Å². The molecule has 0 unspecified atom stereocenters. The van der Waals surface area contributed by atoms with Crippen molar-refractivity contribution in [2.24, 2.45) is 0 Å². The molecule has 0 saturated carbocycles. The summed E-state index contributed by atoms with van der Waals surface area (Å²) in [4.78, 5) is 5.08. The van der Waals surface area contributed by atoms with Gasteiger partial charge in [0.05, 0.1) is 0 Å². The molecular weight excluding hydrogens is 493 g/mol. The maximum atomic E-state index is 2.54. The molecule has 184 valence electrons. The molecule has 2 radical (unpaired) electrons. The normalized spacial score (nSPS) is 14.1. The number of hydrogen-bond donors (Lipinski definition) is 0. The summed E-state index contributed by atoms with van der Waals surface area (Å²) in [7, 11) is 4.72. The standard InChI is InChI=1S/C36H21B3N2/c1-2-10-22(11-3-1)23-20-32-34-33(21-23)41-31-19-7-5-13-25(31)38-27-15-9-17-29(36(27)41)39(34)28-16-8-14-26-35(28)40(32)30-18-6-4-12-24(30)37-26/h1-21H. The van der Waals surface area contributed by atoms with Crippen molar-refractivity contribution in [2.75, 3.05) is 9.80 Å². The lowest BCUT2D eigenvalue weighted by Gasteiger charge is -2.48. The molecule has 0 amide bonds. The summed E-state index contributed by atoms with van der Waals surface area (Å²) in [5, 5.41) is 0. The van der Waals surface area contributed by atoms with E-state index in [1.807, 2.05) is 0 Å². The molecule has 5 heteroatoms. The van der Waals surface area contributed by atoms with Gasteiger partial charge in [-0.15, -0.1) is 0 Å². The Morgan fingerprint density at radius 1 is 0.415 bits per heavy atom. The zero-order valence-electron chi connectivity index (χ0n) is 22.3. The summed E-state index contributed by atoms with van der Waals surface area (Å²) >= 11 is 0. The Labute approximate surface area is 241 Å². The van der Waals surface area contributed by atoms with E-state index in [1.165, 1.54) is 83.5 Å². The molecule has 0 fully saturated rings. The number of benzene rings is 6. The van der Waals surface area contributed by atoms with Crippen LogP contribution in [0.3, 0.4) is 0 Å². The summed E-state index contributed by atoms with van der Waals surface area (Å²) in [5.74, 6) is 0. The molecule has 4 heterocycles. The summed E-state index contributed by atoms with van der Waals surface area (Å²) in [6.07, 6.45) is 0. The monoisotopic (exact) mass is 514 g/mol. The minimum absolute atomic E-state index is 0.152. The first-order chi connectivity index (χ1) is 20.3. The van der Waals surface area contributed by atoms with Crippen LogP contribution in [0.4, 0.5) is 34.1 Å². The van der Waals surface area contributed by atoms with Crippen molar-refractivity contribution in [2.45, 2.75) is 0 Å². The first-order valence-corrected chi connectivity index (χ1v) is 14.3. The number of rotatable bonds is 1. The summed E-state index contributed by atoms with van der Waals surface area (Å²) in [5.41, 5.74) is 19.3. The Bertz CT molecular complexity index is 1960. The van der Waals surface area contributed by atoms with Crippen LogP contribution in [0.15, 0.2) is 127 Å². The molecule has 0 saturated heterocycles. The van der Waals surface area contributed by atoms with E-state index >= 15 is 0 Å². The van der Waals surface area contributed by atoms with Crippen molar-refractivity contribution in [3.8, 4) is 11.1 Å². The topological polar surface area (TPSA) is 6.48 Å². The van der Waals surface area contributed by atoms with Crippen LogP contribution in [0.5, 0.6) is 0 Å². The first kappa shape index (κ1) is 21.9. The Hall–Kier alpha value is -4.89. The van der Waals surface area contributed by atoms with Crippen LogP contribution in [-0.2, 0) is 0 Å². The summed E-state index contributed by atoms with van der Waals surface area (Å²) in [6.45, 7) is 0.152. The average molecular weight is 514 g/mol. The maximum Gasteiger partial charge on any atom is 0.252 e. The van der Waals surface area contributed by atoms with E-state index in [1.54, 1.807) is 0 Å². The molecule has 6 aromatic carbocycles. The van der Waals surface area contributed by atoms with Gasteiger partial charge in [0.15, 0.2) is 14.6 Å². The van der Waals surface area contributed by atoms with E-state index in [-0.39, 0.29) is 6.71 Å². The highest BCUT2D eigenvalue weighted by molar-refractivity contribution is 7.01. The quantitative estimate of drug-likeness (QED) is 0.311. The van der Waals surface area contributed by atoms with Crippen molar-refractivity contribution in [3.63, 3.8) is 0 Å². The third kappa shape index (κ3) is 2.81. The Morgan fingerprint density at radius 3 is 1.46 bits per heavy atom. The number of nitrogens with zero attached hydrogens (tertiary/aromatic N) is 2. The minimum Gasteiger partial charge on any atom is -0.313 e. The number of hydrogen-bond acceptors (Lipinski definition) is 2. The highest BCUT2D eigenvalue weighted by Gasteiger charge is 2.46. The van der Waals surface area contributed by atoms with Crippen LogP contribution in [-0.4, -0.2) is 21.3 Å². The molecular formula is C36H21B3N2. The van der Waals surface area contributed by atoms with Gasteiger partial charge in [0, 0.05) is 34.1 Å². The van der Waals surface area contributed by atoms with Crippen LogP contribution < -0.4 is 48.0 Å². The van der Waals surface area contributed by atoms with Crippen molar-refractivity contribution >= 4 is 93.6 Å². The average Bonchev–Trinajstić information content (AvgIpc) is 3.03. The fourth-order valence-electron chi connectivity index (χ4n) is 7.64. The fraction of sp³-hybridized carbons (Fsp3) is 0. The summed E-state index contributed by atoms with van der Waals surface area (Å²) in [6, 6.07) is 47.1. The van der Waals surface area contributed by atoms with Gasteiger partial charge in [0.25, 0.3) is 6.71 Å². The van der Waals surface area contributed by atoms with Crippen LogP contribution in [0.2, 0.25) is 0 Å². The second-order valence-electron chi connectivity index (χ2n) is 11.4. The highest BCUT2D eigenvalue weighted by atomic mass is 15.2. The van der Waals surface area contributed by atoms with Crippen LogP contribution in [0.1, 0.15) is 0 Å². The van der Waals surface area contributed by atoms with Crippen molar-refractivity contribution < 1.29 is 0 Å². The lowest BCUT2D eigenvalue weighted by molar-refractivity contribution is 1.26. The highest BCUT2D eigenvalue weighted by Crippen LogP contribution is 2.45. The molecule has 0 N–H and O–H groups in total. The largest absolute Gasteiger partial charge is 0.313 e. The third-order valence-corrected chi connectivity index (χ3v) is 9.26. The van der Waals surface area contributed by atoms with Gasteiger partial charge >= 0.3 is 0 Å². The zero-order valence-corrected chi connectivity index (χ0v) is 22.3.